The Morgan fingerprint density at radius 3 is 1.71 bits per heavy atom. The van der Waals surface area contributed by atoms with E-state index in [0.29, 0.717) is 33.0 Å². The summed E-state index contributed by atoms with van der Waals surface area (Å²) in [6.07, 6.45) is 15.4. The van der Waals surface area contributed by atoms with Gasteiger partial charge in [0.25, 0.3) is 0 Å². The molecule has 0 aromatic carbocycles. The Labute approximate surface area is 208 Å². The van der Waals surface area contributed by atoms with E-state index in [-0.39, 0.29) is 29.5 Å². The zero-order chi connectivity index (χ0) is 24.5. The Bertz CT molecular complexity index is 499. The normalized spacial score (nSPS) is 21.7. The molecule has 0 radical (unpaired) electrons. The van der Waals surface area contributed by atoms with Crippen LogP contribution in [0.25, 0.3) is 0 Å². The van der Waals surface area contributed by atoms with Crippen LogP contribution in [0, 0.1) is 11.3 Å². The van der Waals surface area contributed by atoms with Crippen LogP contribution in [-0.4, -0.2) is 64.4 Å². The van der Waals surface area contributed by atoms with E-state index in [1.165, 1.54) is 51.4 Å². The third kappa shape index (κ3) is 13.4. The monoisotopic (exact) mass is 484 g/mol. The van der Waals surface area contributed by atoms with E-state index in [1.54, 1.807) is 0 Å². The molecule has 0 saturated carbocycles. The number of esters is 1. The van der Waals surface area contributed by atoms with Crippen LogP contribution < -0.4 is 0 Å². The highest BCUT2D eigenvalue weighted by Crippen LogP contribution is 2.27. The second-order valence-corrected chi connectivity index (χ2v) is 10.5. The number of unbranched alkanes of at least 4 members (excludes halogenated alkanes) is 8. The minimum Gasteiger partial charge on any atom is -0.465 e. The maximum atomic E-state index is 13.2. The van der Waals surface area contributed by atoms with E-state index in [4.69, 9.17) is 23.7 Å². The predicted molar refractivity (Wildman–Crippen MR) is 135 cm³/mol. The summed E-state index contributed by atoms with van der Waals surface area (Å²) in [5.74, 6) is -0.0157. The molecule has 2 aliphatic rings. The van der Waals surface area contributed by atoms with Gasteiger partial charge in [0.1, 0.15) is 18.8 Å². The van der Waals surface area contributed by atoms with Gasteiger partial charge in [-0.25, -0.2) is 0 Å². The van der Waals surface area contributed by atoms with E-state index < -0.39 is 0 Å². The van der Waals surface area contributed by atoms with Crippen molar-refractivity contribution in [2.75, 3.05) is 46.2 Å². The lowest BCUT2D eigenvalue weighted by molar-refractivity contribution is -0.157. The van der Waals surface area contributed by atoms with Crippen LogP contribution >= 0.6 is 0 Å². The molecular formula is C28H52O6. The van der Waals surface area contributed by atoms with Gasteiger partial charge in [-0.1, -0.05) is 85.0 Å². The summed E-state index contributed by atoms with van der Waals surface area (Å²) in [5, 5.41) is 0. The first kappa shape index (κ1) is 29.5. The first-order valence-electron chi connectivity index (χ1n) is 14.2. The predicted octanol–water partition coefficient (Wildman–Crippen LogP) is 6.09. The van der Waals surface area contributed by atoms with Gasteiger partial charge in [-0.2, -0.15) is 0 Å². The van der Waals surface area contributed by atoms with Gasteiger partial charge in [0.2, 0.25) is 0 Å². The quantitative estimate of drug-likeness (QED) is 0.0937. The molecule has 2 rings (SSSR count). The zero-order valence-electron chi connectivity index (χ0n) is 22.3. The van der Waals surface area contributed by atoms with Crippen molar-refractivity contribution in [2.45, 2.75) is 116 Å². The standard InChI is InChI=1S/C28H52O6/c1-4-7-9-11-12-14-16-24(15-13-10-8-5-2)27(29)34-23-28(6-3,21-30-17-25-19-32-25)22-31-18-26-20-33-26/h24-26H,4-23H2,1-3H3. The fourth-order valence-corrected chi connectivity index (χ4v) is 4.28. The van der Waals surface area contributed by atoms with Gasteiger partial charge >= 0.3 is 5.97 Å². The molecule has 34 heavy (non-hydrogen) atoms. The minimum atomic E-state index is -0.327. The second kappa shape index (κ2) is 17.7. The van der Waals surface area contributed by atoms with Crippen molar-refractivity contribution in [2.24, 2.45) is 11.3 Å². The molecule has 6 nitrogen and oxygen atoms in total. The number of hydrogen-bond acceptors (Lipinski definition) is 6. The van der Waals surface area contributed by atoms with Gasteiger partial charge in [0.15, 0.2) is 0 Å². The van der Waals surface area contributed by atoms with Gasteiger partial charge in [-0.05, 0) is 19.3 Å². The summed E-state index contributed by atoms with van der Waals surface area (Å²) in [5.41, 5.74) is -0.327. The highest BCUT2D eigenvalue weighted by Gasteiger charge is 2.35. The summed E-state index contributed by atoms with van der Waals surface area (Å²) < 4.78 is 28.5. The molecule has 0 bridgehead atoms. The number of rotatable bonds is 24. The number of hydrogen-bond donors (Lipinski definition) is 0. The Kier molecular flexibility index (Phi) is 15.4. The lowest BCUT2D eigenvalue weighted by Crippen LogP contribution is -2.39. The Morgan fingerprint density at radius 2 is 1.24 bits per heavy atom. The fraction of sp³-hybridized carbons (Fsp3) is 0.964. The maximum Gasteiger partial charge on any atom is 0.308 e. The largest absolute Gasteiger partial charge is 0.465 e. The lowest BCUT2D eigenvalue weighted by atomic mass is 9.87. The summed E-state index contributed by atoms with van der Waals surface area (Å²) >= 11 is 0. The molecule has 3 unspecified atom stereocenters. The van der Waals surface area contributed by atoms with Crippen molar-refractivity contribution < 1.29 is 28.5 Å². The van der Waals surface area contributed by atoms with Gasteiger partial charge in [-0.15, -0.1) is 0 Å². The van der Waals surface area contributed by atoms with Crippen molar-refractivity contribution in [3.63, 3.8) is 0 Å². The third-order valence-electron chi connectivity index (χ3n) is 7.14. The van der Waals surface area contributed by atoms with Crippen LogP contribution in [0.4, 0.5) is 0 Å². The van der Waals surface area contributed by atoms with Crippen molar-refractivity contribution in [3.05, 3.63) is 0 Å². The third-order valence-corrected chi connectivity index (χ3v) is 7.14. The summed E-state index contributed by atoms with van der Waals surface area (Å²) in [4.78, 5) is 13.2. The molecule has 0 aromatic heterocycles. The topological polar surface area (TPSA) is 69.8 Å². The molecular weight excluding hydrogens is 432 g/mol. The molecule has 0 amide bonds. The molecule has 2 heterocycles. The molecule has 2 fully saturated rings. The molecule has 2 aliphatic heterocycles. The molecule has 3 atom stereocenters. The van der Waals surface area contributed by atoms with Crippen molar-refractivity contribution in [1.82, 2.24) is 0 Å². The highest BCUT2D eigenvalue weighted by atomic mass is 16.6. The first-order valence-corrected chi connectivity index (χ1v) is 14.2. The number of carbonyl (C=O) groups excluding carboxylic acids is 1. The van der Waals surface area contributed by atoms with Gasteiger partial charge in [0, 0.05) is 0 Å². The van der Waals surface area contributed by atoms with Gasteiger partial charge < -0.3 is 23.7 Å². The minimum absolute atomic E-state index is 0.0131. The van der Waals surface area contributed by atoms with Crippen LogP contribution in [0.2, 0.25) is 0 Å². The molecule has 0 aromatic rings. The molecule has 6 heteroatoms. The second-order valence-electron chi connectivity index (χ2n) is 10.5. The molecule has 2 saturated heterocycles. The summed E-state index contributed by atoms with van der Waals surface area (Å²) in [7, 11) is 0. The SMILES string of the molecule is CCCCCCCCC(CCCCCC)C(=O)OCC(CC)(COCC1CO1)COCC1CO1. The van der Waals surface area contributed by atoms with Crippen molar-refractivity contribution in [1.29, 1.82) is 0 Å². The molecule has 0 aliphatic carbocycles. The Morgan fingerprint density at radius 1 is 0.765 bits per heavy atom. The Hall–Kier alpha value is -0.690. The van der Waals surface area contributed by atoms with E-state index in [1.807, 2.05) is 0 Å². The van der Waals surface area contributed by atoms with Crippen LogP contribution in [0.3, 0.4) is 0 Å². The van der Waals surface area contributed by atoms with E-state index in [2.05, 4.69) is 20.8 Å². The number of epoxide rings is 2. The highest BCUT2D eigenvalue weighted by molar-refractivity contribution is 5.72. The Balaban J connectivity index is 1.83. The fourth-order valence-electron chi connectivity index (χ4n) is 4.28. The lowest BCUT2D eigenvalue weighted by Gasteiger charge is -2.32. The van der Waals surface area contributed by atoms with Crippen LogP contribution in [0.5, 0.6) is 0 Å². The smallest absolute Gasteiger partial charge is 0.308 e. The van der Waals surface area contributed by atoms with E-state index >= 15 is 0 Å². The molecule has 0 spiro atoms. The average Bonchev–Trinajstić information content (AvgIpc) is 3.77. The summed E-state index contributed by atoms with van der Waals surface area (Å²) in [6, 6.07) is 0. The van der Waals surface area contributed by atoms with Gasteiger partial charge in [-0.3, -0.25) is 4.79 Å². The molecule has 0 N–H and O–H groups in total. The van der Waals surface area contributed by atoms with Crippen LogP contribution in [0.1, 0.15) is 104 Å². The van der Waals surface area contributed by atoms with Crippen molar-refractivity contribution in [3.8, 4) is 0 Å². The summed E-state index contributed by atoms with van der Waals surface area (Å²) in [6.45, 7) is 10.7. The maximum absolute atomic E-state index is 13.2. The van der Waals surface area contributed by atoms with Crippen LogP contribution in [-0.2, 0) is 28.5 Å². The number of ether oxygens (including phenoxy) is 5. The average molecular weight is 485 g/mol. The number of carbonyl (C=O) groups is 1. The van der Waals surface area contributed by atoms with Crippen molar-refractivity contribution >= 4 is 5.97 Å². The van der Waals surface area contributed by atoms with Crippen LogP contribution in [0.15, 0.2) is 0 Å². The van der Waals surface area contributed by atoms with E-state index in [0.717, 1.165) is 45.3 Å². The van der Waals surface area contributed by atoms with E-state index in [9.17, 15) is 4.79 Å². The zero-order valence-corrected chi connectivity index (χ0v) is 22.3. The first-order chi connectivity index (χ1) is 16.6. The molecule has 200 valence electrons. The van der Waals surface area contributed by atoms with Gasteiger partial charge in [0.05, 0.1) is 51.0 Å².